The van der Waals surface area contributed by atoms with Crippen molar-refractivity contribution in [3.8, 4) is 0 Å². The second kappa shape index (κ2) is 5.20. The highest BCUT2D eigenvalue weighted by molar-refractivity contribution is 5.84. The number of carbonyl (C=O) groups excluding carboxylic acids is 1. The van der Waals surface area contributed by atoms with E-state index in [1.54, 1.807) is 13.2 Å². The summed E-state index contributed by atoms with van der Waals surface area (Å²) in [6, 6.07) is 0.0741. The lowest BCUT2D eigenvalue weighted by Crippen LogP contribution is -2.39. The lowest BCUT2D eigenvalue weighted by molar-refractivity contribution is -0.121. The van der Waals surface area contributed by atoms with Gasteiger partial charge in [-0.15, -0.1) is 0 Å². The van der Waals surface area contributed by atoms with Crippen molar-refractivity contribution in [2.75, 3.05) is 17.7 Å². The minimum Gasteiger partial charge on any atom is -0.358 e. The quantitative estimate of drug-likeness (QED) is 0.722. The summed E-state index contributed by atoms with van der Waals surface area (Å²) in [5.74, 6) is 1.24. The molecule has 0 radical (unpaired) electrons. The topological polar surface area (TPSA) is 78.9 Å². The summed E-state index contributed by atoms with van der Waals surface area (Å²) in [7, 11) is 1.76. The van der Waals surface area contributed by atoms with Crippen LogP contribution in [0.5, 0.6) is 0 Å². The van der Waals surface area contributed by atoms with Crippen LogP contribution in [-0.2, 0) is 4.79 Å². The molecule has 0 aromatic carbocycles. The van der Waals surface area contributed by atoms with Crippen molar-refractivity contribution < 1.29 is 4.79 Å². The van der Waals surface area contributed by atoms with Gasteiger partial charge in [0.1, 0.15) is 11.9 Å². The number of hydrogen-bond donors (Lipinski definition) is 3. The van der Waals surface area contributed by atoms with Crippen LogP contribution in [0.1, 0.15) is 25.3 Å². The minimum atomic E-state index is -0.302. The molecule has 1 aromatic rings. The highest BCUT2D eigenvalue weighted by atomic mass is 16.2. The molecule has 2 rings (SSSR count). The third-order valence-corrected chi connectivity index (χ3v) is 2.87. The van der Waals surface area contributed by atoms with Crippen LogP contribution in [0.4, 0.5) is 11.8 Å². The van der Waals surface area contributed by atoms with E-state index in [0.29, 0.717) is 17.8 Å². The van der Waals surface area contributed by atoms with Gasteiger partial charge in [0.05, 0.1) is 0 Å². The second-order valence-corrected chi connectivity index (χ2v) is 4.62. The molecule has 18 heavy (non-hydrogen) atoms. The molecule has 1 unspecified atom stereocenters. The SMILES string of the molecule is CNc1ncc(C)c(NC(C)C(=O)NC2CC2)n1. The van der Waals surface area contributed by atoms with Crippen LogP contribution in [0.15, 0.2) is 6.20 Å². The Kier molecular flexibility index (Phi) is 3.64. The van der Waals surface area contributed by atoms with Crippen LogP contribution < -0.4 is 16.0 Å². The summed E-state index contributed by atoms with van der Waals surface area (Å²) < 4.78 is 0. The van der Waals surface area contributed by atoms with Gasteiger partial charge in [-0.3, -0.25) is 4.79 Å². The zero-order chi connectivity index (χ0) is 13.1. The number of amides is 1. The molecule has 1 fully saturated rings. The first-order chi connectivity index (χ1) is 8.60. The molecule has 1 heterocycles. The van der Waals surface area contributed by atoms with E-state index in [4.69, 9.17) is 0 Å². The van der Waals surface area contributed by atoms with Crippen molar-refractivity contribution in [2.45, 2.75) is 38.8 Å². The van der Waals surface area contributed by atoms with E-state index in [9.17, 15) is 4.79 Å². The zero-order valence-electron chi connectivity index (χ0n) is 10.9. The fourth-order valence-electron chi connectivity index (χ4n) is 1.53. The van der Waals surface area contributed by atoms with Gasteiger partial charge in [-0.2, -0.15) is 4.98 Å². The van der Waals surface area contributed by atoms with Crippen molar-refractivity contribution in [1.29, 1.82) is 0 Å². The van der Waals surface area contributed by atoms with E-state index in [1.807, 2.05) is 13.8 Å². The summed E-state index contributed by atoms with van der Waals surface area (Å²) >= 11 is 0. The van der Waals surface area contributed by atoms with Gasteiger partial charge in [0.25, 0.3) is 0 Å². The van der Waals surface area contributed by atoms with Crippen molar-refractivity contribution in [1.82, 2.24) is 15.3 Å². The molecule has 1 aliphatic carbocycles. The van der Waals surface area contributed by atoms with Crippen molar-refractivity contribution in [3.63, 3.8) is 0 Å². The summed E-state index contributed by atoms with van der Waals surface area (Å²) in [5.41, 5.74) is 0.917. The number of hydrogen-bond acceptors (Lipinski definition) is 5. The van der Waals surface area contributed by atoms with E-state index in [2.05, 4.69) is 25.9 Å². The van der Waals surface area contributed by atoms with Crippen molar-refractivity contribution in [2.24, 2.45) is 0 Å². The Labute approximate surface area is 107 Å². The van der Waals surface area contributed by atoms with E-state index >= 15 is 0 Å². The minimum absolute atomic E-state index is 0.0153. The van der Waals surface area contributed by atoms with Gasteiger partial charge in [0.15, 0.2) is 0 Å². The molecule has 98 valence electrons. The van der Waals surface area contributed by atoms with E-state index < -0.39 is 0 Å². The van der Waals surface area contributed by atoms with Gasteiger partial charge in [-0.1, -0.05) is 0 Å². The van der Waals surface area contributed by atoms with Crippen LogP contribution in [0, 0.1) is 6.92 Å². The second-order valence-electron chi connectivity index (χ2n) is 4.62. The third-order valence-electron chi connectivity index (χ3n) is 2.87. The molecule has 6 heteroatoms. The summed E-state index contributed by atoms with van der Waals surface area (Å²) in [5, 5.41) is 8.95. The number of nitrogens with one attached hydrogen (secondary N) is 3. The Balaban J connectivity index is 2.00. The molecule has 0 spiro atoms. The predicted octanol–water partition coefficient (Wildman–Crippen LogP) is 0.906. The summed E-state index contributed by atoms with van der Waals surface area (Å²) in [4.78, 5) is 20.2. The monoisotopic (exact) mass is 249 g/mol. The number of aromatic nitrogens is 2. The molecule has 1 amide bonds. The average molecular weight is 249 g/mol. The Bertz CT molecular complexity index is 444. The predicted molar refractivity (Wildman–Crippen MR) is 70.6 cm³/mol. The maximum absolute atomic E-state index is 11.8. The highest BCUT2D eigenvalue weighted by Gasteiger charge is 2.25. The third kappa shape index (κ3) is 3.09. The molecule has 0 saturated heterocycles. The number of aryl methyl sites for hydroxylation is 1. The fraction of sp³-hybridized carbons (Fsp3) is 0.583. The maximum Gasteiger partial charge on any atom is 0.242 e. The van der Waals surface area contributed by atoms with Crippen LogP contribution in [0.25, 0.3) is 0 Å². The summed E-state index contributed by atoms with van der Waals surface area (Å²) in [6.45, 7) is 3.74. The van der Waals surface area contributed by atoms with Crippen molar-refractivity contribution >= 4 is 17.7 Å². The van der Waals surface area contributed by atoms with Gasteiger partial charge in [-0.25, -0.2) is 4.98 Å². The molecule has 1 atom stereocenters. The van der Waals surface area contributed by atoms with Gasteiger partial charge in [0, 0.05) is 24.8 Å². The lowest BCUT2D eigenvalue weighted by atomic mass is 10.2. The summed E-state index contributed by atoms with van der Waals surface area (Å²) in [6.07, 6.45) is 3.91. The van der Waals surface area contributed by atoms with E-state index in [0.717, 1.165) is 18.4 Å². The lowest BCUT2D eigenvalue weighted by Gasteiger charge is -2.16. The first-order valence-electron chi connectivity index (χ1n) is 6.18. The normalized spacial score (nSPS) is 15.9. The number of carbonyl (C=O) groups is 1. The standard InChI is InChI=1S/C12H19N5O/c1-7-6-14-12(13-3)17-10(7)15-8(2)11(18)16-9-4-5-9/h6,8-9H,4-5H2,1-3H3,(H,16,18)(H2,13,14,15,17). The van der Waals surface area contributed by atoms with Crippen molar-refractivity contribution in [3.05, 3.63) is 11.8 Å². The Morgan fingerprint density at radius 2 is 2.22 bits per heavy atom. The Hall–Kier alpha value is -1.85. The molecule has 0 aliphatic heterocycles. The highest BCUT2D eigenvalue weighted by Crippen LogP contribution is 2.19. The Morgan fingerprint density at radius 3 is 2.83 bits per heavy atom. The molecule has 3 N–H and O–H groups in total. The van der Waals surface area contributed by atoms with E-state index in [-0.39, 0.29) is 11.9 Å². The molecular formula is C12H19N5O. The van der Waals surface area contributed by atoms with Gasteiger partial charge in [-0.05, 0) is 26.7 Å². The molecule has 1 aliphatic rings. The average Bonchev–Trinajstić information content (AvgIpc) is 3.15. The molecule has 1 saturated carbocycles. The van der Waals surface area contributed by atoms with Crippen LogP contribution >= 0.6 is 0 Å². The van der Waals surface area contributed by atoms with Gasteiger partial charge < -0.3 is 16.0 Å². The van der Waals surface area contributed by atoms with Gasteiger partial charge in [0.2, 0.25) is 11.9 Å². The number of rotatable bonds is 5. The Morgan fingerprint density at radius 1 is 1.50 bits per heavy atom. The first-order valence-corrected chi connectivity index (χ1v) is 6.18. The van der Waals surface area contributed by atoms with Crippen LogP contribution in [0.2, 0.25) is 0 Å². The molecular weight excluding hydrogens is 230 g/mol. The molecule has 1 aromatic heterocycles. The largest absolute Gasteiger partial charge is 0.358 e. The van der Waals surface area contributed by atoms with Crippen LogP contribution in [0.3, 0.4) is 0 Å². The fourth-order valence-corrected chi connectivity index (χ4v) is 1.53. The number of anilines is 2. The van der Waals surface area contributed by atoms with Gasteiger partial charge >= 0.3 is 0 Å². The van der Waals surface area contributed by atoms with Crippen LogP contribution in [-0.4, -0.2) is 35.0 Å². The molecule has 6 nitrogen and oxygen atoms in total. The zero-order valence-corrected chi connectivity index (χ0v) is 10.9. The van der Waals surface area contributed by atoms with E-state index in [1.165, 1.54) is 0 Å². The number of nitrogens with zero attached hydrogens (tertiary/aromatic N) is 2. The maximum atomic E-state index is 11.8. The first kappa shape index (κ1) is 12.6. The smallest absolute Gasteiger partial charge is 0.242 e. The molecule has 0 bridgehead atoms.